The van der Waals surface area contributed by atoms with Gasteiger partial charge in [-0.25, -0.2) is 9.37 Å². The minimum absolute atomic E-state index is 0.316. The van der Waals surface area contributed by atoms with E-state index < -0.39 is 6.10 Å². The zero-order valence-corrected chi connectivity index (χ0v) is 18.5. The highest BCUT2D eigenvalue weighted by molar-refractivity contribution is 5.83. The van der Waals surface area contributed by atoms with Gasteiger partial charge in [0.25, 0.3) is 0 Å². The summed E-state index contributed by atoms with van der Waals surface area (Å²) in [6.45, 7) is 2.85. The number of hydrogen-bond acceptors (Lipinski definition) is 7. The van der Waals surface area contributed by atoms with Gasteiger partial charge >= 0.3 is 0 Å². The molecule has 172 valence electrons. The lowest BCUT2D eigenvalue weighted by molar-refractivity contribution is 0.0946. The van der Waals surface area contributed by atoms with Crippen LogP contribution in [0.2, 0.25) is 0 Å². The van der Waals surface area contributed by atoms with E-state index in [4.69, 9.17) is 9.15 Å². The SMILES string of the molecule is COc1ccc2nccc([C@@H](O)CN3CCC(NCc4nc5cc(F)ccc5o4)CC3)c2c1. The molecule has 1 fully saturated rings. The van der Waals surface area contributed by atoms with Crippen LogP contribution in [0.25, 0.3) is 22.0 Å². The molecule has 1 aliphatic heterocycles. The highest BCUT2D eigenvalue weighted by Crippen LogP contribution is 2.28. The molecule has 0 aliphatic carbocycles. The Balaban J connectivity index is 1.15. The molecule has 0 radical (unpaired) electrons. The average molecular weight is 451 g/mol. The first-order valence-corrected chi connectivity index (χ1v) is 11.2. The first-order chi connectivity index (χ1) is 16.1. The first-order valence-electron chi connectivity index (χ1n) is 11.2. The summed E-state index contributed by atoms with van der Waals surface area (Å²) in [5, 5.41) is 15.4. The Morgan fingerprint density at radius 1 is 1.18 bits per heavy atom. The van der Waals surface area contributed by atoms with E-state index in [2.05, 4.69) is 20.2 Å². The summed E-state index contributed by atoms with van der Waals surface area (Å²) in [6, 6.07) is 12.3. The van der Waals surface area contributed by atoms with Crippen molar-refractivity contribution in [2.24, 2.45) is 0 Å². The van der Waals surface area contributed by atoms with E-state index in [0.717, 1.165) is 48.1 Å². The van der Waals surface area contributed by atoms with Gasteiger partial charge in [0.2, 0.25) is 5.89 Å². The number of nitrogens with zero attached hydrogens (tertiary/aromatic N) is 3. The Morgan fingerprint density at radius 3 is 2.85 bits per heavy atom. The van der Waals surface area contributed by atoms with Gasteiger partial charge in [0.05, 0.1) is 25.3 Å². The fraction of sp³-hybridized carbons (Fsp3) is 0.360. The zero-order valence-electron chi connectivity index (χ0n) is 18.5. The number of fused-ring (bicyclic) bond motifs is 2. The molecule has 33 heavy (non-hydrogen) atoms. The monoisotopic (exact) mass is 450 g/mol. The fourth-order valence-corrected chi connectivity index (χ4v) is 4.48. The van der Waals surface area contributed by atoms with Gasteiger partial charge in [0.1, 0.15) is 17.1 Å². The summed E-state index contributed by atoms with van der Waals surface area (Å²) in [4.78, 5) is 11.0. The molecule has 0 bridgehead atoms. The molecule has 0 unspecified atom stereocenters. The van der Waals surface area contributed by atoms with Crippen LogP contribution in [0.4, 0.5) is 4.39 Å². The summed E-state index contributed by atoms with van der Waals surface area (Å²) >= 11 is 0. The number of benzene rings is 2. The van der Waals surface area contributed by atoms with E-state index in [9.17, 15) is 9.50 Å². The molecule has 8 heteroatoms. The molecule has 0 saturated carbocycles. The number of piperidine rings is 1. The van der Waals surface area contributed by atoms with Gasteiger partial charge < -0.3 is 24.5 Å². The van der Waals surface area contributed by atoms with E-state index in [0.29, 0.717) is 36.1 Å². The molecule has 5 rings (SSSR count). The third-order valence-electron chi connectivity index (χ3n) is 6.30. The highest BCUT2D eigenvalue weighted by Gasteiger charge is 2.23. The largest absolute Gasteiger partial charge is 0.497 e. The molecular formula is C25H27FN4O3. The van der Waals surface area contributed by atoms with Crippen molar-refractivity contribution in [1.82, 2.24) is 20.2 Å². The second-order valence-electron chi connectivity index (χ2n) is 8.47. The summed E-state index contributed by atoms with van der Waals surface area (Å²) in [6.07, 6.45) is 3.07. The van der Waals surface area contributed by atoms with Crippen LogP contribution in [-0.4, -0.2) is 52.8 Å². The van der Waals surface area contributed by atoms with Gasteiger partial charge in [-0.15, -0.1) is 0 Å². The number of ether oxygens (including phenoxy) is 1. The zero-order chi connectivity index (χ0) is 22.8. The lowest BCUT2D eigenvalue weighted by Gasteiger charge is -2.33. The number of hydrogen-bond donors (Lipinski definition) is 2. The average Bonchev–Trinajstić information content (AvgIpc) is 3.24. The van der Waals surface area contributed by atoms with E-state index in [1.54, 1.807) is 19.4 Å². The number of methoxy groups -OCH3 is 1. The van der Waals surface area contributed by atoms with Crippen molar-refractivity contribution in [3.8, 4) is 5.75 Å². The van der Waals surface area contributed by atoms with Crippen LogP contribution < -0.4 is 10.1 Å². The van der Waals surface area contributed by atoms with E-state index >= 15 is 0 Å². The Labute approximate surface area is 191 Å². The molecule has 7 nitrogen and oxygen atoms in total. The van der Waals surface area contributed by atoms with Gasteiger partial charge in [-0.1, -0.05) is 0 Å². The van der Waals surface area contributed by atoms with Crippen LogP contribution >= 0.6 is 0 Å². The van der Waals surface area contributed by atoms with E-state index in [-0.39, 0.29) is 5.82 Å². The number of oxazole rings is 1. The van der Waals surface area contributed by atoms with Crippen molar-refractivity contribution in [1.29, 1.82) is 0 Å². The van der Waals surface area contributed by atoms with Gasteiger partial charge in [0.15, 0.2) is 5.58 Å². The maximum Gasteiger partial charge on any atom is 0.209 e. The molecule has 2 N–H and O–H groups in total. The molecule has 0 amide bonds. The van der Waals surface area contributed by atoms with Crippen LogP contribution in [0.5, 0.6) is 5.75 Å². The van der Waals surface area contributed by atoms with Crippen molar-refractivity contribution >= 4 is 22.0 Å². The lowest BCUT2D eigenvalue weighted by Crippen LogP contribution is -2.43. The van der Waals surface area contributed by atoms with Gasteiger partial charge in [0, 0.05) is 30.2 Å². The van der Waals surface area contributed by atoms with E-state index in [1.807, 2.05) is 24.3 Å². The number of pyridine rings is 1. The number of β-amino-alcohol motifs (C(OH)–C–C–N with tert-alkyl or cyclic N) is 1. The second kappa shape index (κ2) is 9.43. The maximum atomic E-state index is 13.3. The third kappa shape index (κ3) is 4.83. The van der Waals surface area contributed by atoms with E-state index in [1.165, 1.54) is 12.1 Å². The second-order valence-corrected chi connectivity index (χ2v) is 8.47. The molecule has 3 heterocycles. The van der Waals surface area contributed by atoms with Crippen LogP contribution in [0.3, 0.4) is 0 Å². The Kier molecular flexibility index (Phi) is 6.22. The number of aliphatic hydroxyl groups is 1. The molecule has 4 aromatic rings. The highest BCUT2D eigenvalue weighted by atomic mass is 19.1. The van der Waals surface area contributed by atoms with Crippen LogP contribution in [0, 0.1) is 5.82 Å². The molecular weight excluding hydrogens is 423 g/mol. The molecule has 1 aliphatic rings. The number of aromatic nitrogens is 2. The van der Waals surface area contributed by atoms with Crippen LogP contribution in [0.1, 0.15) is 30.4 Å². The number of nitrogens with one attached hydrogen (secondary N) is 1. The number of aliphatic hydroxyl groups excluding tert-OH is 1. The Morgan fingerprint density at radius 2 is 2.03 bits per heavy atom. The molecule has 0 spiro atoms. The lowest BCUT2D eigenvalue weighted by atomic mass is 10.0. The van der Waals surface area contributed by atoms with Crippen molar-refractivity contribution in [3.63, 3.8) is 0 Å². The van der Waals surface area contributed by atoms with Gasteiger partial charge in [-0.3, -0.25) is 4.98 Å². The van der Waals surface area contributed by atoms with Crippen molar-refractivity contribution < 1.29 is 18.7 Å². The van der Waals surface area contributed by atoms with Gasteiger partial charge in [-0.2, -0.15) is 0 Å². The molecule has 2 aromatic heterocycles. The first kappa shape index (κ1) is 21.8. The standard InChI is InChI=1S/C25H27FN4O3/c1-32-18-3-4-21-20(13-18)19(6-9-27-21)23(31)15-30-10-7-17(8-11-30)28-14-25-29-22-12-16(26)2-5-24(22)33-25/h2-6,9,12-13,17,23,28,31H,7-8,10-11,14-15H2,1H3/t23-/m0/s1. The van der Waals surface area contributed by atoms with Crippen molar-refractivity contribution in [2.45, 2.75) is 31.5 Å². The summed E-state index contributed by atoms with van der Waals surface area (Å²) in [5.41, 5.74) is 2.85. The van der Waals surface area contributed by atoms with Crippen molar-refractivity contribution in [3.05, 3.63) is 65.9 Å². The topological polar surface area (TPSA) is 83.7 Å². The minimum atomic E-state index is -0.604. The molecule has 1 saturated heterocycles. The smallest absolute Gasteiger partial charge is 0.209 e. The summed E-state index contributed by atoms with van der Waals surface area (Å²) < 4.78 is 24.4. The number of halogens is 1. The Bertz CT molecular complexity index is 1250. The van der Waals surface area contributed by atoms with Gasteiger partial charge in [-0.05, 0) is 67.9 Å². The number of likely N-dealkylation sites (tertiary alicyclic amines) is 1. The molecule has 2 aromatic carbocycles. The van der Waals surface area contributed by atoms with Crippen LogP contribution in [0.15, 0.2) is 53.1 Å². The summed E-state index contributed by atoms with van der Waals surface area (Å²) in [7, 11) is 1.63. The number of rotatable bonds is 7. The fourth-order valence-electron chi connectivity index (χ4n) is 4.48. The normalized spacial score (nSPS) is 16.5. The Hall–Kier alpha value is -3.07. The maximum absolute atomic E-state index is 13.3. The van der Waals surface area contributed by atoms with Crippen molar-refractivity contribution in [2.75, 3.05) is 26.7 Å². The molecule has 1 atom stereocenters. The van der Waals surface area contributed by atoms with Crippen LogP contribution in [-0.2, 0) is 6.54 Å². The quantitative estimate of drug-likeness (QED) is 0.443. The third-order valence-corrected chi connectivity index (χ3v) is 6.30. The minimum Gasteiger partial charge on any atom is -0.497 e. The predicted octanol–water partition coefficient (Wildman–Crippen LogP) is 3.81. The summed E-state index contributed by atoms with van der Waals surface area (Å²) in [5.74, 6) is 0.997. The predicted molar refractivity (Wildman–Crippen MR) is 124 cm³/mol.